The highest BCUT2D eigenvalue weighted by atomic mass is 32.2. The van der Waals surface area contributed by atoms with Crippen LogP contribution in [0, 0.1) is 6.92 Å². The highest BCUT2D eigenvalue weighted by Gasteiger charge is 2.08. The van der Waals surface area contributed by atoms with E-state index in [4.69, 9.17) is 0 Å². The van der Waals surface area contributed by atoms with Crippen molar-refractivity contribution in [2.75, 3.05) is 11.1 Å². The van der Waals surface area contributed by atoms with Gasteiger partial charge in [0.05, 0.1) is 21.0 Å². The molecule has 3 rings (SSSR count). The summed E-state index contributed by atoms with van der Waals surface area (Å²) in [6.07, 6.45) is 1.72. The largest absolute Gasteiger partial charge is 0.301 e. The number of anilines is 1. The Bertz CT molecular complexity index is 771. The molecule has 1 amide bonds. The Morgan fingerprint density at radius 2 is 2.24 bits per heavy atom. The van der Waals surface area contributed by atoms with Gasteiger partial charge in [0, 0.05) is 6.20 Å². The number of fused-ring (bicyclic) bond motifs is 1. The molecule has 0 fully saturated rings. The van der Waals surface area contributed by atoms with Crippen molar-refractivity contribution in [3.05, 3.63) is 48.2 Å². The molecular weight excluding hydrogens is 302 g/mol. The molecule has 1 aromatic carbocycles. The molecule has 2 heterocycles. The minimum atomic E-state index is -0.0681. The third-order valence-corrected chi connectivity index (χ3v) is 4.66. The molecule has 0 aliphatic heterocycles. The predicted molar refractivity (Wildman–Crippen MR) is 87.9 cm³/mol. The maximum atomic E-state index is 11.9. The number of thiazole rings is 1. The zero-order valence-electron chi connectivity index (χ0n) is 11.4. The van der Waals surface area contributed by atoms with E-state index in [0.29, 0.717) is 10.9 Å². The molecule has 0 aliphatic rings. The second kappa shape index (κ2) is 6.24. The summed E-state index contributed by atoms with van der Waals surface area (Å²) >= 11 is 2.90. The van der Waals surface area contributed by atoms with Gasteiger partial charge in [0.15, 0.2) is 5.13 Å². The van der Waals surface area contributed by atoms with Gasteiger partial charge in [-0.25, -0.2) is 9.97 Å². The van der Waals surface area contributed by atoms with Crippen LogP contribution in [0.3, 0.4) is 0 Å². The van der Waals surface area contributed by atoms with Crippen LogP contribution in [-0.4, -0.2) is 21.6 Å². The number of amides is 1. The van der Waals surface area contributed by atoms with Crippen molar-refractivity contribution in [3.63, 3.8) is 0 Å². The molecule has 1 N–H and O–H groups in total. The molecule has 2 aromatic heterocycles. The molecule has 0 aliphatic carbocycles. The SMILES string of the molecule is Cc1ccc2nc(NC(=O)CSc3ccccn3)sc2c1. The number of thioether (sulfide) groups is 1. The Labute approximate surface area is 130 Å². The Hall–Kier alpha value is -1.92. The molecular formula is C15H13N3OS2. The number of aryl methyl sites for hydroxylation is 1. The maximum absolute atomic E-state index is 11.9. The maximum Gasteiger partial charge on any atom is 0.236 e. The Kier molecular flexibility index (Phi) is 4.17. The molecule has 0 saturated carbocycles. The molecule has 0 spiro atoms. The van der Waals surface area contributed by atoms with Crippen LogP contribution >= 0.6 is 23.1 Å². The lowest BCUT2D eigenvalue weighted by molar-refractivity contribution is -0.113. The lowest BCUT2D eigenvalue weighted by Gasteiger charge is -2.00. The van der Waals surface area contributed by atoms with Crippen molar-refractivity contribution < 1.29 is 4.79 Å². The Balaban J connectivity index is 1.63. The summed E-state index contributed by atoms with van der Waals surface area (Å²) < 4.78 is 1.09. The number of aromatic nitrogens is 2. The third kappa shape index (κ3) is 3.59. The van der Waals surface area contributed by atoms with Gasteiger partial charge in [0.2, 0.25) is 5.91 Å². The van der Waals surface area contributed by atoms with E-state index in [2.05, 4.69) is 21.4 Å². The fraction of sp³-hybridized carbons (Fsp3) is 0.133. The third-order valence-electron chi connectivity index (χ3n) is 2.78. The molecule has 106 valence electrons. The van der Waals surface area contributed by atoms with Gasteiger partial charge in [-0.1, -0.05) is 35.2 Å². The van der Waals surface area contributed by atoms with Crippen LogP contribution in [0.1, 0.15) is 5.56 Å². The van der Waals surface area contributed by atoms with Crippen molar-refractivity contribution in [2.24, 2.45) is 0 Å². The van der Waals surface area contributed by atoms with Gasteiger partial charge in [-0.3, -0.25) is 4.79 Å². The van der Waals surface area contributed by atoms with Crippen molar-refractivity contribution >= 4 is 44.4 Å². The standard InChI is InChI=1S/C15H13N3OS2/c1-10-5-6-11-12(8-10)21-15(17-11)18-13(19)9-20-14-4-2-3-7-16-14/h2-8H,9H2,1H3,(H,17,18,19). The first-order valence-electron chi connectivity index (χ1n) is 6.41. The first kappa shape index (κ1) is 14.0. The Morgan fingerprint density at radius 3 is 3.05 bits per heavy atom. The van der Waals surface area contributed by atoms with Gasteiger partial charge < -0.3 is 5.32 Å². The second-order valence-corrected chi connectivity index (χ2v) is 6.52. The van der Waals surface area contributed by atoms with Crippen LogP contribution < -0.4 is 5.32 Å². The quantitative estimate of drug-likeness (QED) is 0.745. The van der Waals surface area contributed by atoms with Crippen LogP contribution in [0.2, 0.25) is 0 Å². The van der Waals surface area contributed by atoms with E-state index < -0.39 is 0 Å². The summed E-state index contributed by atoms with van der Waals surface area (Å²) in [5, 5.41) is 4.32. The van der Waals surface area contributed by atoms with E-state index in [1.165, 1.54) is 28.7 Å². The number of rotatable bonds is 4. The summed E-state index contributed by atoms with van der Waals surface area (Å²) in [4.78, 5) is 20.5. The molecule has 4 nitrogen and oxygen atoms in total. The minimum absolute atomic E-state index is 0.0681. The van der Waals surface area contributed by atoms with Crippen molar-refractivity contribution in [1.82, 2.24) is 9.97 Å². The normalized spacial score (nSPS) is 10.7. The average Bonchev–Trinajstić information content (AvgIpc) is 2.87. The van der Waals surface area contributed by atoms with E-state index in [1.54, 1.807) is 6.20 Å². The van der Waals surface area contributed by atoms with Gasteiger partial charge in [-0.2, -0.15) is 0 Å². The second-order valence-electron chi connectivity index (χ2n) is 4.50. The van der Waals surface area contributed by atoms with Crippen molar-refractivity contribution in [3.8, 4) is 0 Å². The molecule has 0 atom stereocenters. The number of carbonyl (C=O) groups excluding carboxylic acids is 1. The van der Waals surface area contributed by atoms with Crippen LogP contribution in [0.25, 0.3) is 10.2 Å². The summed E-state index contributed by atoms with van der Waals surface area (Å²) in [5.41, 5.74) is 2.10. The van der Waals surface area contributed by atoms with Gasteiger partial charge in [-0.15, -0.1) is 0 Å². The van der Waals surface area contributed by atoms with E-state index in [9.17, 15) is 4.79 Å². The van der Waals surface area contributed by atoms with Gasteiger partial charge in [-0.05, 0) is 36.8 Å². The summed E-state index contributed by atoms with van der Waals surface area (Å²) in [6, 6.07) is 11.7. The summed E-state index contributed by atoms with van der Waals surface area (Å²) in [5.74, 6) is 0.257. The van der Waals surface area contributed by atoms with Crippen LogP contribution in [-0.2, 0) is 4.79 Å². The van der Waals surface area contributed by atoms with Crippen molar-refractivity contribution in [1.29, 1.82) is 0 Å². The number of nitrogens with zero attached hydrogens (tertiary/aromatic N) is 2. The van der Waals surface area contributed by atoms with E-state index in [0.717, 1.165) is 15.2 Å². The highest BCUT2D eigenvalue weighted by Crippen LogP contribution is 2.26. The first-order chi connectivity index (χ1) is 10.2. The number of carbonyl (C=O) groups is 1. The van der Waals surface area contributed by atoms with Crippen molar-refractivity contribution in [2.45, 2.75) is 11.9 Å². The molecule has 0 bridgehead atoms. The molecule has 0 unspecified atom stereocenters. The monoisotopic (exact) mass is 315 g/mol. The number of nitrogens with one attached hydrogen (secondary N) is 1. The Morgan fingerprint density at radius 1 is 1.33 bits per heavy atom. The predicted octanol–water partition coefficient (Wildman–Crippen LogP) is 3.73. The summed E-state index contributed by atoms with van der Waals surface area (Å²) in [6.45, 7) is 2.04. The van der Waals surface area contributed by atoms with Crippen LogP contribution in [0.4, 0.5) is 5.13 Å². The first-order valence-corrected chi connectivity index (χ1v) is 8.22. The van der Waals surface area contributed by atoms with Crippen LogP contribution in [0.15, 0.2) is 47.6 Å². The highest BCUT2D eigenvalue weighted by molar-refractivity contribution is 7.99. The summed E-state index contributed by atoms with van der Waals surface area (Å²) in [7, 11) is 0. The van der Waals surface area contributed by atoms with Gasteiger partial charge in [0.25, 0.3) is 0 Å². The lowest BCUT2D eigenvalue weighted by Crippen LogP contribution is -2.13. The number of hydrogen-bond acceptors (Lipinski definition) is 5. The van der Waals surface area contributed by atoms with E-state index in [1.807, 2.05) is 37.3 Å². The average molecular weight is 315 g/mol. The molecule has 0 radical (unpaired) electrons. The minimum Gasteiger partial charge on any atom is -0.301 e. The van der Waals surface area contributed by atoms with Crippen LogP contribution in [0.5, 0.6) is 0 Å². The van der Waals surface area contributed by atoms with Gasteiger partial charge >= 0.3 is 0 Å². The smallest absolute Gasteiger partial charge is 0.236 e. The zero-order chi connectivity index (χ0) is 14.7. The molecule has 6 heteroatoms. The molecule has 21 heavy (non-hydrogen) atoms. The number of hydrogen-bond donors (Lipinski definition) is 1. The lowest BCUT2D eigenvalue weighted by atomic mass is 10.2. The topological polar surface area (TPSA) is 54.9 Å². The van der Waals surface area contributed by atoms with Gasteiger partial charge in [0.1, 0.15) is 0 Å². The zero-order valence-corrected chi connectivity index (χ0v) is 13.0. The fourth-order valence-corrected chi connectivity index (χ4v) is 3.45. The van der Waals surface area contributed by atoms with E-state index >= 15 is 0 Å². The number of pyridine rings is 1. The molecule has 3 aromatic rings. The van der Waals surface area contributed by atoms with E-state index in [-0.39, 0.29) is 5.91 Å². The fourth-order valence-electron chi connectivity index (χ4n) is 1.81. The number of benzene rings is 1. The molecule has 0 saturated heterocycles.